The summed E-state index contributed by atoms with van der Waals surface area (Å²) in [5.74, 6) is -0.297. The van der Waals surface area contributed by atoms with Gasteiger partial charge in [-0.1, -0.05) is 12.1 Å². The van der Waals surface area contributed by atoms with Crippen LogP contribution in [0.3, 0.4) is 0 Å². The van der Waals surface area contributed by atoms with Gasteiger partial charge in [-0.25, -0.2) is 9.07 Å². The minimum atomic E-state index is -0.847. The predicted molar refractivity (Wildman–Crippen MR) is 100 cm³/mol. The third-order valence-corrected chi connectivity index (χ3v) is 4.00. The molecule has 1 amide bonds. The van der Waals surface area contributed by atoms with Crippen molar-refractivity contribution in [3.63, 3.8) is 0 Å². The van der Waals surface area contributed by atoms with E-state index in [4.69, 9.17) is 9.15 Å². The Balaban J connectivity index is 1.49. The predicted octanol–water partition coefficient (Wildman–Crippen LogP) is 2.62. The SMILES string of the molecule is C[C@H](Oc1ccccc1F)C(=O)NCCCn1nc(-c2ccco2)ccc1=O. The molecule has 0 unspecified atom stereocenters. The van der Waals surface area contributed by atoms with Gasteiger partial charge in [-0.3, -0.25) is 9.59 Å². The zero-order valence-corrected chi connectivity index (χ0v) is 15.3. The molecule has 28 heavy (non-hydrogen) atoms. The molecular weight excluding hydrogens is 365 g/mol. The summed E-state index contributed by atoms with van der Waals surface area (Å²) in [5.41, 5.74) is 0.318. The van der Waals surface area contributed by atoms with E-state index in [1.807, 2.05) is 0 Å². The molecule has 3 rings (SSSR count). The molecule has 2 heterocycles. The van der Waals surface area contributed by atoms with Gasteiger partial charge in [0.15, 0.2) is 23.4 Å². The van der Waals surface area contributed by atoms with Crippen LogP contribution in [0.15, 0.2) is 64.0 Å². The highest BCUT2D eigenvalue weighted by Gasteiger charge is 2.16. The van der Waals surface area contributed by atoms with Gasteiger partial charge >= 0.3 is 0 Å². The van der Waals surface area contributed by atoms with Crippen LogP contribution in [-0.2, 0) is 11.3 Å². The van der Waals surface area contributed by atoms with Crippen molar-refractivity contribution in [2.75, 3.05) is 6.54 Å². The second-order valence-corrected chi connectivity index (χ2v) is 6.09. The van der Waals surface area contributed by atoms with Crippen molar-refractivity contribution in [1.82, 2.24) is 15.1 Å². The molecule has 0 aliphatic rings. The molecule has 8 heteroatoms. The first kappa shape index (κ1) is 19.3. The van der Waals surface area contributed by atoms with Crippen molar-refractivity contribution in [2.45, 2.75) is 26.0 Å². The highest BCUT2D eigenvalue weighted by molar-refractivity contribution is 5.80. The summed E-state index contributed by atoms with van der Waals surface area (Å²) in [5, 5.41) is 6.97. The monoisotopic (exact) mass is 385 g/mol. The second-order valence-electron chi connectivity index (χ2n) is 6.09. The van der Waals surface area contributed by atoms with E-state index < -0.39 is 11.9 Å². The molecule has 0 spiro atoms. The van der Waals surface area contributed by atoms with E-state index in [2.05, 4.69) is 10.4 Å². The largest absolute Gasteiger partial charge is 0.478 e. The van der Waals surface area contributed by atoms with E-state index in [0.717, 1.165) is 0 Å². The summed E-state index contributed by atoms with van der Waals surface area (Å²) >= 11 is 0. The van der Waals surface area contributed by atoms with Crippen molar-refractivity contribution in [3.05, 3.63) is 71.0 Å². The first-order valence-electron chi connectivity index (χ1n) is 8.85. The number of hydrogen-bond donors (Lipinski definition) is 1. The van der Waals surface area contributed by atoms with Crippen molar-refractivity contribution < 1.29 is 18.3 Å². The standard InChI is InChI=1S/C20H20FN3O4/c1-14(28-17-7-3-2-6-15(17)21)20(26)22-11-5-12-24-19(25)10-9-16(23-24)18-8-4-13-27-18/h2-4,6-10,13-14H,5,11-12H2,1H3,(H,22,26)/t14-/m0/s1. The topological polar surface area (TPSA) is 86.4 Å². The van der Waals surface area contributed by atoms with E-state index in [1.54, 1.807) is 37.3 Å². The van der Waals surface area contributed by atoms with Crippen LogP contribution in [-0.4, -0.2) is 28.3 Å². The Morgan fingerprint density at radius 2 is 2.07 bits per heavy atom. The average molecular weight is 385 g/mol. The Morgan fingerprint density at radius 3 is 2.82 bits per heavy atom. The minimum Gasteiger partial charge on any atom is -0.478 e. The summed E-state index contributed by atoms with van der Waals surface area (Å²) in [6.45, 7) is 2.19. The molecule has 1 aromatic carbocycles. The average Bonchev–Trinajstić information content (AvgIpc) is 3.23. The van der Waals surface area contributed by atoms with Crippen LogP contribution in [0.25, 0.3) is 11.5 Å². The van der Waals surface area contributed by atoms with Gasteiger partial charge < -0.3 is 14.5 Å². The van der Waals surface area contributed by atoms with Crippen LogP contribution in [0.4, 0.5) is 4.39 Å². The first-order chi connectivity index (χ1) is 13.5. The lowest BCUT2D eigenvalue weighted by atomic mass is 10.3. The molecule has 0 saturated carbocycles. The fraction of sp³-hybridized carbons (Fsp3) is 0.250. The van der Waals surface area contributed by atoms with Crippen molar-refractivity contribution in [3.8, 4) is 17.2 Å². The summed E-state index contributed by atoms with van der Waals surface area (Å²) in [7, 11) is 0. The van der Waals surface area contributed by atoms with Crippen LogP contribution < -0.4 is 15.6 Å². The number of nitrogens with one attached hydrogen (secondary N) is 1. The van der Waals surface area contributed by atoms with Gasteiger partial charge in [0, 0.05) is 19.2 Å². The number of carbonyl (C=O) groups is 1. The van der Waals surface area contributed by atoms with Gasteiger partial charge in [0.1, 0.15) is 5.69 Å². The maximum Gasteiger partial charge on any atom is 0.266 e. The maximum atomic E-state index is 13.6. The number of benzene rings is 1. The molecule has 0 fully saturated rings. The van der Waals surface area contributed by atoms with Crippen molar-refractivity contribution in [2.24, 2.45) is 0 Å². The summed E-state index contributed by atoms with van der Waals surface area (Å²) < 4.78 is 25.5. The Morgan fingerprint density at radius 1 is 1.25 bits per heavy atom. The number of nitrogens with zero attached hydrogens (tertiary/aromatic N) is 2. The number of aromatic nitrogens is 2. The Labute approximate surface area is 160 Å². The van der Waals surface area contributed by atoms with Gasteiger partial charge in [0.2, 0.25) is 0 Å². The summed E-state index contributed by atoms with van der Waals surface area (Å²) in [4.78, 5) is 24.0. The van der Waals surface area contributed by atoms with Crippen molar-refractivity contribution in [1.29, 1.82) is 0 Å². The molecule has 0 aliphatic carbocycles. The van der Waals surface area contributed by atoms with Crippen LogP contribution in [0, 0.1) is 5.82 Å². The molecule has 0 saturated heterocycles. The third kappa shape index (κ3) is 4.85. The number of halogens is 1. The quantitative estimate of drug-likeness (QED) is 0.603. The zero-order chi connectivity index (χ0) is 19.9. The number of rotatable bonds is 8. The summed E-state index contributed by atoms with van der Waals surface area (Å²) in [6.07, 6.45) is 1.18. The Bertz CT molecular complexity index is 985. The van der Waals surface area contributed by atoms with E-state index >= 15 is 0 Å². The molecular formula is C20H20FN3O4. The number of carbonyl (C=O) groups excluding carboxylic acids is 1. The van der Waals surface area contributed by atoms with E-state index in [0.29, 0.717) is 31.0 Å². The molecule has 0 radical (unpaired) electrons. The van der Waals surface area contributed by atoms with Crippen LogP contribution >= 0.6 is 0 Å². The molecule has 1 atom stereocenters. The molecule has 2 aromatic heterocycles. The molecule has 7 nitrogen and oxygen atoms in total. The number of amides is 1. The molecule has 146 valence electrons. The third-order valence-electron chi connectivity index (χ3n) is 4.00. The second kappa shape index (κ2) is 8.98. The fourth-order valence-electron chi connectivity index (χ4n) is 2.53. The number of ether oxygens (including phenoxy) is 1. The van der Waals surface area contributed by atoms with Crippen LogP contribution in [0.5, 0.6) is 5.75 Å². The van der Waals surface area contributed by atoms with Gasteiger partial charge in [0.05, 0.1) is 6.26 Å². The van der Waals surface area contributed by atoms with E-state index in [-0.39, 0.29) is 17.2 Å². The lowest BCUT2D eigenvalue weighted by molar-refractivity contribution is -0.127. The van der Waals surface area contributed by atoms with E-state index in [9.17, 15) is 14.0 Å². The first-order valence-corrected chi connectivity index (χ1v) is 8.85. The fourth-order valence-corrected chi connectivity index (χ4v) is 2.53. The minimum absolute atomic E-state index is 0.0237. The smallest absolute Gasteiger partial charge is 0.266 e. The lowest BCUT2D eigenvalue weighted by Crippen LogP contribution is -2.37. The molecule has 0 aliphatic heterocycles. The van der Waals surface area contributed by atoms with Gasteiger partial charge in [-0.05, 0) is 43.7 Å². The molecule has 0 bridgehead atoms. The maximum absolute atomic E-state index is 13.6. The zero-order valence-electron chi connectivity index (χ0n) is 15.3. The number of furan rings is 1. The highest BCUT2D eigenvalue weighted by atomic mass is 19.1. The van der Waals surface area contributed by atoms with E-state index in [1.165, 1.54) is 29.1 Å². The molecule has 1 N–H and O–H groups in total. The van der Waals surface area contributed by atoms with Gasteiger partial charge in [-0.15, -0.1) is 0 Å². The Hall–Kier alpha value is -3.42. The van der Waals surface area contributed by atoms with Gasteiger partial charge in [-0.2, -0.15) is 5.10 Å². The van der Waals surface area contributed by atoms with Gasteiger partial charge in [0.25, 0.3) is 11.5 Å². The number of hydrogen-bond acceptors (Lipinski definition) is 5. The lowest BCUT2D eigenvalue weighted by Gasteiger charge is -2.15. The Kier molecular flexibility index (Phi) is 6.21. The number of para-hydroxylation sites is 1. The van der Waals surface area contributed by atoms with Crippen molar-refractivity contribution >= 4 is 5.91 Å². The molecule has 3 aromatic rings. The number of aryl methyl sites for hydroxylation is 1. The normalized spacial score (nSPS) is 11.8. The highest BCUT2D eigenvalue weighted by Crippen LogP contribution is 2.17. The van der Waals surface area contributed by atoms with Crippen LogP contribution in [0.2, 0.25) is 0 Å². The van der Waals surface area contributed by atoms with Crippen LogP contribution in [0.1, 0.15) is 13.3 Å². The summed E-state index contributed by atoms with van der Waals surface area (Å²) in [6, 6.07) is 12.4.